The van der Waals surface area contributed by atoms with Crippen LogP contribution in [0.2, 0.25) is 0 Å². The summed E-state index contributed by atoms with van der Waals surface area (Å²) in [5.41, 5.74) is -2.45. The maximum Gasteiger partial charge on any atom is 0.471 e. The largest absolute Gasteiger partial charge is 0.471 e. The minimum absolute atomic E-state index is 0.102. The third kappa shape index (κ3) is 6.20. The zero-order valence-electron chi connectivity index (χ0n) is 20.0. The molecule has 0 aromatic heterocycles. The SMILES string of the molecule is COC(=O)c1ccc(C(=O)Nc2cc(F)ccc2C#CC2(C)CCCN2C(=O)O)c(NC(=O)C(F)(F)F)c1. The second kappa shape index (κ2) is 10.8. The number of amides is 3. The molecule has 13 heteroatoms. The Morgan fingerprint density at radius 2 is 1.79 bits per heavy atom. The Morgan fingerprint density at radius 3 is 2.42 bits per heavy atom. The Kier molecular flexibility index (Phi) is 7.95. The second-order valence-corrected chi connectivity index (χ2v) is 8.41. The molecule has 0 saturated carbocycles. The highest BCUT2D eigenvalue weighted by Gasteiger charge is 2.40. The van der Waals surface area contributed by atoms with Crippen LogP contribution < -0.4 is 10.6 Å². The lowest BCUT2D eigenvalue weighted by Crippen LogP contribution is -2.43. The number of halogens is 4. The van der Waals surface area contributed by atoms with E-state index in [0.29, 0.717) is 12.8 Å². The highest BCUT2D eigenvalue weighted by molar-refractivity contribution is 6.12. The van der Waals surface area contributed by atoms with Crippen LogP contribution in [-0.4, -0.2) is 59.3 Å². The molecule has 0 bridgehead atoms. The number of esters is 1. The van der Waals surface area contributed by atoms with Crippen molar-refractivity contribution in [2.75, 3.05) is 24.3 Å². The van der Waals surface area contributed by atoms with E-state index in [1.54, 1.807) is 12.2 Å². The molecule has 1 saturated heterocycles. The van der Waals surface area contributed by atoms with Crippen LogP contribution >= 0.6 is 0 Å². The van der Waals surface area contributed by atoms with E-state index in [1.165, 1.54) is 11.0 Å². The van der Waals surface area contributed by atoms with Gasteiger partial charge in [-0.1, -0.05) is 11.8 Å². The molecular weight excluding hydrogens is 514 g/mol. The lowest BCUT2D eigenvalue weighted by Gasteiger charge is -2.27. The van der Waals surface area contributed by atoms with Gasteiger partial charge in [0.05, 0.1) is 29.6 Å². The number of methoxy groups -OCH3 is 1. The summed E-state index contributed by atoms with van der Waals surface area (Å²) in [6.45, 7) is 1.91. The van der Waals surface area contributed by atoms with Crippen molar-refractivity contribution in [2.24, 2.45) is 0 Å². The van der Waals surface area contributed by atoms with Crippen LogP contribution in [0.25, 0.3) is 0 Å². The van der Waals surface area contributed by atoms with Crippen LogP contribution in [0.3, 0.4) is 0 Å². The summed E-state index contributed by atoms with van der Waals surface area (Å²) in [4.78, 5) is 49.1. The van der Waals surface area contributed by atoms with Gasteiger partial charge in [-0.3, -0.25) is 14.5 Å². The monoisotopic (exact) mass is 535 g/mol. The predicted octanol–water partition coefficient (Wildman–Crippen LogP) is 4.25. The fourth-order valence-corrected chi connectivity index (χ4v) is 3.80. The molecule has 1 heterocycles. The van der Waals surface area contributed by atoms with Crippen molar-refractivity contribution in [3.8, 4) is 11.8 Å². The van der Waals surface area contributed by atoms with E-state index in [2.05, 4.69) is 21.9 Å². The molecule has 0 radical (unpaired) electrons. The molecule has 9 nitrogen and oxygen atoms in total. The first kappa shape index (κ1) is 28.0. The summed E-state index contributed by atoms with van der Waals surface area (Å²) in [5, 5.41) is 13.3. The number of hydrogen-bond donors (Lipinski definition) is 3. The molecule has 1 fully saturated rings. The Morgan fingerprint density at radius 1 is 1.08 bits per heavy atom. The zero-order chi connectivity index (χ0) is 28.3. The van der Waals surface area contributed by atoms with Crippen molar-refractivity contribution in [3.63, 3.8) is 0 Å². The fourth-order valence-electron chi connectivity index (χ4n) is 3.80. The lowest BCUT2D eigenvalue weighted by atomic mass is 9.99. The summed E-state index contributed by atoms with van der Waals surface area (Å²) < 4.78 is 57.1. The van der Waals surface area contributed by atoms with E-state index in [0.717, 1.165) is 37.4 Å². The second-order valence-electron chi connectivity index (χ2n) is 8.41. The van der Waals surface area contributed by atoms with E-state index >= 15 is 0 Å². The normalized spacial score (nSPS) is 16.7. The minimum Gasteiger partial charge on any atom is -0.465 e. The standard InChI is InChI=1S/C25H21F4N3O6/c1-24(9-3-11-32(24)23(36)37)10-8-14-4-6-16(26)13-18(14)30-20(33)17-7-5-15(21(34)38-2)12-19(17)31-22(35)25(27,28)29/h4-7,12-13H,3,9,11H2,1-2H3,(H,30,33)(H,31,35)(H,36,37). The maximum atomic E-state index is 14.0. The maximum absolute atomic E-state index is 14.0. The number of ether oxygens (including phenoxy) is 1. The average Bonchev–Trinajstić information content (AvgIpc) is 3.24. The lowest BCUT2D eigenvalue weighted by molar-refractivity contribution is -0.167. The van der Waals surface area contributed by atoms with Gasteiger partial charge in [0.15, 0.2) is 0 Å². The molecule has 1 unspecified atom stereocenters. The first-order valence-electron chi connectivity index (χ1n) is 11.0. The molecule has 3 rings (SSSR count). The number of anilines is 2. The number of carboxylic acid groups (broad SMARTS) is 1. The van der Waals surface area contributed by atoms with E-state index in [1.807, 2.05) is 0 Å². The number of carbonyl (C=O) groups excluding carboxylic acids is 3. The van der Waals surface area contributed by atoms with Crippen LogP contribution in [0.4, 0.5) is 33.7 Å². The smallest absolute Gasteiger partial charge is 0.465 e. The number of benzene rings is 2. The van der Waals surface area contributed by atoms with Crippen LogP contribution in [0.5, 0.6) is 0 Å². The van der Waals surface area contributed by atoms with Gasteiger partial charge >= 0.3 is 24.1 Å². The Bertz CT molecular complexity index is 1370. The molecule has 1 aliphatic rings. The summed E-state index contributed by atoms with van der Waals surface area (Å²) in [5.74, 6) is 0.455. The quantitative estimate of drug-likeness (QED) is 0.306. The molecule has 2 aromatic carbocycles. The van der Waals surface area contributed by atoms with E-state index in [4.69, 9.17) is 0 Å². The predicted molar refractivity (Wildman–Crippen MR) is 126 cm³/mol. The Hall–Kier alpha value is -4.60. The topological polar surface area (TPSA) is 125 Å². The number of nitrogens with zero attached hydrogens (tertiary/aromatic N) is 1. The third-order valence-electron chi connectivity index (χ3n) is 5.76. The van der Waals surface area contributed by atoms with Gasteiger partial charge in [0.1, 0.15) is 11.4 Å². The molecule has 1 atom stereocenters. The fraction of sp³-hybridized carbons (Fsp3) is 0.280. The molecule has 2 aromatic rings. The van der Waals surface area contributed by atoms with Crippen LogP contribution in [0, 0.1) is 17.7 Å². The van der Waals surface area contributed by atoms with Crippen LogP contribution in [0.1, 0.15) is 46.0 Å². The van der Waals surface area contributed by atoms with Gasteiger partial charge in [0.25, 0.3) is 5.91 Å². The highest BCUT2D eigenvalue weighted by Crippen LogP contribution is 2.29. The number of nitrogens with one attached hydrogen (secondary N) is 2. The Labute approximate surface area is 213 Å². The van der Waals surface area contributed by atoms with Crippen molar-refractivity contribution >= 4 is 35.3 Å². The van der Waals surface area contributed by atoms with Crippen molar-refractivity contribution in [3.05, 3.63) is 58.9 Å². The van der Waals surface area contributed by atoms with Gasteiger partial charge in [0, 0.05) is 12.1 Å². The summed E-state index contributed by atoms with van der Waals surface area (Å²) >= 11 is 0. The molecule has 0 aliphatic carbocycles. The molecule has 0 spiro atoms. The first-order valence-corrected chi connectivity index (χ1v) is 11.0. The van der Waals surface area contributed by atoms with Crippen molar-refractivity contribution in [1.82, 2.24) is 4.90 Å². The van der Waals surface area contributed by atoms with E-state index in [-0.39, 0.29) is 23.4 Å². The van der Waals surface area contributed by atoms with Crippen molar-refractivity contribution in [2.45, 2.75) is 31.5 Å². The number of hydrogen-bond acceptors (Lipinski definition) is 5. The molecule has 1 aliphatic heterocycles. The minimum atomic E-state index is -5.29. The zero-order valence-corrected chi connectivity index (χ0v) is 20.0. The van der Waals surface area contributed by atoms with Gasteiger partial charge in [-0.2, -0.15) is 13.2 Å². The Balaban J connectivity index is 1.98. The summed E-state index contributed by atoms with van der Waals surface area (Å²) in [6, 6.07) is 6.14. The summed E-state index contributed by atoms with van der Waals surface area (Å²) in [7, 11) is 1.03. The van der Waals surface area contributed by atoms with Gasteiger partial charge in [-0.05, 0) is 56.2 Å². The molecule has 38 heavy (non-hydrogen) atoms. The third-order valence-corrected chi connectivity index (χ3v) is 5.76. The summed E-state index contributed by atoms with van der Waals surface area (Å²) in [6.07, 6.45) is -5.42. The van der Waals surface area contributed by atoms with E-state index in [9.17, 15) is 41.8 Å². The number of carbonyl (C=O) groups is 4. The van der Waals surface area contributed by atoms with E-state index < -0.39 is 52.7 Å². The van der Waals surface area contributed by atoms with Gasteiger partial charge in [0.2, 0.25) is 0 Å². The molecular formula is C25H21F4N3O6. The highest BCUT2D eigenvalue weighted by atomic mass is 19.4. The molecule has 3 amide bonds. The average molecular weight is 535 g/mol. The van der Waals surface area contributed by atoms with Gasteiger partial charge < -0.3 is 20.5 Å². The van der Waals surface area contributed by atoms with Crippen molar-refractivity contribution in [1.29, 1.82) is 0 Å². The van der Waals surface area contributed by atoms with Crippen molar-refractivity contribution < 1.29 is 46.6 Å². The number of alkyl halides is 3. The molecule has 3 N–H and O–H groups in total. The number of likely N-dealkylation sites (tertiary alicyclic amines) is 1. The van der Waals surface area contributed by atoms with Crippen LogP contribution in [-0.2, 0) is 9.53 Å². The van der Waals surface area contributed by atoms with Crippen LogP contribution in [0.15, 0.2) is 36.4 Å². The number of rotatable bonds is 4. The van der Waals surface area contributed by atoms with Gasteiger partial charge in [-0.15, -0.1) is 0 Å². The molecule has 200 valence electrons. The first-order chi connectivity index (χ1) is 17.7. The van der Waals surface area contributed by atoms with Gasteiger partial charge in [-0.25, -0.2) is 14.0 Å².